The van der Waals surface area contributed by atoms with Crippen LogP contribution in [0.5, 0.6) is 5.88 Å². The highest BCUT2D eigenvalue weighted by Gasteiger charge is 2.20. The molecule has 1 aliphatic rings. The number of nitro groups is 1. The third-order valence-corrected chi connectivity index (χ3v) is 2.98. The molecule has 8 heteroatoms. The summed E-state index contributed by atoms with van der Waals surface area (Å²) in [5.41, 5.74) is 2.18. The van der Waals surface area contributed by atoms with E-state index in [0.717, 1.165) is 12.8 Å². The third-order valence-electron chi connectivity index (χ3n) is 2.98. The van der Waals surface area contributed by atoms with Gasteiger partial charge < -0.3 is 14.9 Å². The van der Waals surface area contributed by atoms with Crippen molar-refractivity contribution < 1.29 is 14.4 Å². The zero-order valence-electron chi connectivity index (χ0n) is 10.4. The zero-order valence-corrected chi connectivity index (χ0v) is 10.4. The largest absolute Gasteiger partial charge is 0.472 e. The van der Waals surface area contributed by atoms with Crippen LogP contribution in [0.1, 0.15) is 12.8 Å². The SMILES string of the molecule is NNc1ccc([N+](=O)[O-])c(OCC2CCOCC2)n1. The van der Waals surface area contributed by atoms with E-state index in [1.54, 1.807) is 0 Å². The van der Waals surface area contributed by atoms with E-state index in [1.807, 2.05) is 0 Å². The smallest absolute Gasteiger partial charge is 0.331 e. The van der Waals surface area contributed by atoms with E-state index < -0.39 is 4.92 Å². The lowest BCUT2D eigenvalue weighted by Crippen LogP contribution is -2.22. The topological polar surface area (TPSA) is 113 Å². The first kappa shape index (κ1) is 13.5. The molecular weight excluding hydrogens is 252 g/mol. The molecule has 104 valence electrons. The molecule has 8 nitrogen and oxygen atoms in total. The molecule has 1 aromatic rings. The molecule has 0 aromatic carbocycles. The molecule has 2 heterocycles. The van der Waals surface area contributed by atoms with Gasteiger partial charge in [0.2, 0.25) is 0 Å². The van der Waals surface area contributed by atoms with Crippen molar-refractivity contribution in [2.24, 2.45) is 11.8 Å². The maximum atomic E-state index is 10.9. The van der Waals surface area contributed by atoms with Crippen molar-refractivity contribution in [2.75, 3.05) is 25.2 Å². The van der Waals surface area contributed by atoms with Crippen molar-refractivity contribution in [2.45, 2.75) is 12.8 Å². The normalized spacial score (nSPS) is 16.1. The van der Waals surface area contributed by atoms with E-state index in [2.05, 4.69) is 10.4 Å². The van der Waals surface area contributed by atoms with E-state index in [1.165, 1.54) is 12.1 Å². The van der Waals surface area contributed by atoms with Crippen LogP contribution in [-0.4, -0.2) is 29.7 Å². The number of nitrogens with one attached hydrogen (secondary N) is 1. The van der Waals surface area contributed by atoms with Crippen LogP contribution in [-0.2, 0) is 4.74 Å². The number of hydrogen-bond acceptors (Lipinski definition) is 7. The predicted octanol–water partition coefficient (Wildman–Crippen LogP) is 1.08. The second-order valence-corrected chi connectivity index (χ2v) is 4.29. The fourth-order valence-corrected chi connectivity index (χ4v) is 1.87. The first-order chi connectivity index (χ1) is 9.20. The maximum Gasteiger partial charge on any atom is 0.331 e. The summed E-state index contributed by atoms with van der Waals surface area (Å²) in [4.78, 5) is 14.3. The Labute approximate surface area is 110 Å². The van der Waals surface area contributed by atoms with E-state index in [0.29, 0.717) is 31.6 Å². The standard InChI is InChI=1S/C11H16N4O4/c12-14-10-2-1-9(15(16)17)11(13-10)19-7-8-3-5-18-6-4-8/h1-2,8H,3-7,12H2,(H,13,14). The molecule has 0 bridgehead atoms. The first-order valence-corrected chi connectivity index (χ1v) is 6.03. The van der Waals surface area contributed by atoms with Gasteiger partial charge in [0.1, 0.15) is 5.82 Å². The highest BCUT2D eigenvalue weighted by Crippen LogP contribution is 2.27. The van der Waals surface area contributed by atoms with E-state index in [4.69, 9.17) is 15.3 Å². The number of ether oxygens (including phenoxy) is 2. The summed E-state index contributed by atoms with van der Waals surface area (Å²) in [6.45, 7) is 1.80. The van der Waals surface area contributed by atoms with Crippen molar-refractivity contribution >= 4 is 11.5 Å². The molecule has 1 aromatic heterocycles. The molecular formula is C11H16N4O4. The van der Waals surface area contributed by atoms with E-state index in [9.17, 15) is 10.1 Å². The number of pyridine rings is 1. The van der Waals surface area contributed by atoms with Crippen LogP contribution in [0.4, 0.5) is 11.5 Å². The average Bonchev–Trinajstić information content (AvgIpc) is 2.45. The molecule has 0 saturated carbocycles. The van der Waals surface area contributed by atoms with Crippen molar-refractivity contribution in [1.29, 1.82) is 0 Å². The fourth-order valence-electron chi connectivity index (χ4n) is 1.87. The number of nitrogen functional groups attached to an aromatic ring is 1. The maximum absolute atomic E-state index is 10.9. The Bertz CT molecular complexity index is 448. The summed E-state index contributed by atoms with van der Waals surface area (Å²) in [5.74, 6) is 5.89. The van der Waals surface area contributed by atoms with Gasteiger partial charge in [-0.25, -0.2) is 5.84 Å². The molecule has 2 rings (SSSR count). The summed E-state index contributed by atoms with van der Waals surface area (Å²) < 4.78 is 10.7. The van der Waals surface area contributed by atoms with Gasteiger partial charge in [-0.15, -0.1) is 0 Å². The summed E-state index contributed by atoms with van der Waals surface area (Å²) in [6, 6.07) is 2.75. The van der Waals surface area contributed by atoms with Crippen molar-refractivity contribution in [1.82, 2.24) is 4.98 Å². The number of aromatic nitrogens is 1. The summed E-state index contributed by atoms with van der Waals surface area (Å²) in [7, 11) is 0. The Morgan fingerprint density at radius 1 is 1.53 bits per heavy atom. The molecule has 0 spiro atoms. The Hall–Kier alpha value is -1.93. The number of anilines is 1. The number of rotatable bonds is 5. The van der Waals surface area contributed by atoms with Crippen molar-refractivity contribution in [3.8, 4) is 5.88 Å². The Morgan fingerprint density at radius 2 is 2.26 bits per heavy atom. The highest BCUT2D eigenvalue weighted by molar-refractivity contribution is 5.48. The number of hydrazine groups is 1. The average molecular weight is 268 g/mol. The molecule has 1 saturated heterocycles. The Balaban J connectivity index is 2.06. The molecule has 19 heavy (non-hydrogen) atoms. The van der Waals surface area contributed by atoms with E-state index >= 15 is 0 Å². The summed E-state index contributed by atoms with van der Waals surface area (Å²) in [6.07, 6.45) is 1.78. The predicted molar refractivity (Wildman–Crippen MR) is 67.7 cm³/mol. The minimum atomic E-state index is -0.521. The number of nitrogens with zero attached hydrogens (tertiary/aromatic N) is 2. The fraction of sp³-hybridized carbons (Fsp3) is 0.545. The van der Waals surface area contributed by atoms with Gasteiger partial charge in [0, 0.05) is 19.3 Å². The molecule has 0 unspecified atom stereocenters. The molecule has 3 N–H and O–H groups in total. The second-order valence-electron chi connectivity index (χ2n) is 4.29. The van der Waals surface area contributed by atoms with Gasteiger partial charge in [0.15, 0.2) is 0 Å². The minimum absolute atomic E-state index is 0.00746. The molecule has 1 aliphatic heterocycles. The van der Waals surface area contributed by atoms with Gasteiger partial charge in [-0.2, -0.15) is 4.98 Å². The number of hydrogen-bond donors (Lipinski definition) is 2. The summed E-state index contributed by atoms with van der Waals surface area (Å²) >= 11 is 0. The highest BCUT2D eigenvalue weighted by atomic mass is 16.6. The van der Waals surface area contributed by atoms with Crippen LogP contribution in [0.25, 0.3) is 0 Å². The van der Waals surface area contributed by atoms with E-state index in [-0.39, 0.29) is 11.6 Å². The Morgan fingerprint density at radius 3 is 2.89 bits per heavy atom. The molecule has 0 radical (unpaired) electrons. The lowest BCUT2D eigenvalue weighted by molar-refractivity contribution is -0.386. The van der Waals surface area contributed by atoms with Gasteiger partial charge >= 0.3 is 5.69 Å². The lowest BCUT2D eigenvalue weighted by atomic mass is 10.0. The Kier molecular flexibility index (Phi) is 4.48. The first-order valence-electron chi connectivity index (χ1n) is 6.03. The van der Waals surface area contributed by atoms with Crippen LogP contribution in [0.15, 0.2) is 12.1 Å². The molecule has 0 aliphatic carbocycles. The molecule has 1 fully saturated rings. The summed E-state index contributed by atoms with van der Waals surface area (Å²) in [5, 5.41) is 10.9. The zero-order chi connectivity index (χ0) is 13.7. The van der Waals surface area contributed by atoms with Crippen molar-refractivity contribution in [3.63, 3.8) is 0 Å². The van der Waals surface area contributed by atoms with Crippen LogP contribution in [0.3, 0.4) is 0 Å². The lowest BCUT2D eigenvalue weighted by Gasteiger charge is -2.21. The minimum Gasteiger partial charge on any atom is -0.472 e. The second kappa shape index (κ2) is 6.30. The monoisotopic (exact) mass is 268 g/mol. The molecule has 0 amide bonds. The number of nitrogens with two attached hydrogens (primary N) is 1. The third kappa shape index (κ3) is 3.52. The van der Waals surface area contributed by atoms with Crippen LogP contribution in [0, 0.1) is 16.0 Å². The van der Waals surface area contributed by atoms with Gasteiger partial charge in [0.25, 0.3) is 5.88 Å². The van der Waals surface area contributed by atoms with Gasteiger partial charge in [0.05, 0.1) is 11.5 Å². The van der Waals surface area contributed by atoms with Gasteiger partial charge in [-0.05, 0) is 24.8 Å². The quantitative estimate of drug-likeness (QED) is 0.466. The molecule has 0 atom stereocenters. The van der Waals surface area contributed by atoms with Crippen molar-refractivity contribution in [3.05, 3.63) is 22.2 Å². The van der Waals surface area contributed by atoms with Crippen LogP contribution < -0.4 is 16.0 Å². The van der Waals surface area contributed by atoms with Gasteiger partial charge in [-0.3, -0.25) is 10.1 Å². The van der Waals surface area contributed by atoms with Crippen LogP contribution in [0.2, 0.25) is 0 Å². The van der Waals surface area contributed by atoms with Gasteiger partial charge in [-0.1, -0.05) is 0 Å². The van der Waals surface area contributed by atoms with Crippen LogP contribution >= 0.6 is 0 Å².